The summed E-state index contributed by atoms with van der Waals surface area (Å²) in [5.41, 5.74) is 0.0549. The third kappa shape index (κ3) is 4.63. The number of aromatic nitrogens is 1. The number of carbonyl (C=O) groups is 1. The summed E-state index contributed by atoms with van der Waals surface area (Å²) in [7, 11) is 0. The Labute approximate surface area is 128 Å². The van der Waals surface area contributed by atoms with Crippen LogP contribution < -0.4 is 9.47 Å². The van der Waals surface area contributed by atoms with E-state index in [0.717, 1.165) is 12.3 Å². The van der Waals surface area contributed by atoms with Crippen molar-refractivity contribution in [2.45, 2.75) is 6.18 Å². The van der Waals surface area contributed by atoms with Crippen LogP contribution in [-0.2, 0) is 0 Å². The number of rotatable bonds is 4. The molecule has 0 N–H and O–H groups in total. The molecule has 0 radical (unpaired) electrons. The maximum Gasteiger partial charge on any atom is 0.422 e. The molecule has 1 aromatic carbocycles. The topological polar surface area (TPSA) is 48.4 Å². The molecule has 2 aromatic rings. The molecule has 0 aliphatic heterocycles. The van der Waals surface area contributed by atoms with Gasteiger partial charge in [0, 0.05) is 12.3 Å². The number of hydrogen-bond acceptors (Lipinski definition) is 4. The normalized spacial score (nSPS) is 11.1. The van der Waals surface area contributed by atoms with Gasteiger partial charge in [-0.1, -0.05) is 23.7 Å². The number of pyridine rings is 1. The summed E-state index contributed by atoms with van der Waals surface area (Å²) in [6, 6.07) is 8.77. The Morgan fingerprint density at radius 3 is 2.50 bits per heavy atom. The van der Waals surface area contributed by atoms with E-state index in [1.54, 1.807) is 18.2 Å². The zero-order valence-electron chi connectivity index (χ0n) is 10.9. The number of alkyl halides is 3. The van der Waals surface area contributed by atoms with E-state index >= 15 is 0 Å². The number of benzene rings is 1. The van der Waals surface area contributed by atoms with Crippen LogP contribution in [0.15, 0.2) is 42.6 Å². The molecular formula is C14H9ClF3NO3. The van der Waals surface area contributed by atoms with Gasteiger partial charge in [0.2, 0.25) is 5.88 Å². The number of nitrogens with zero attached hydrogens (tertiary/aromatic N) is 1. The fourth-order valence-corrected chi connectivity index (χ4v) is 1.60. The van der Waals surface area contributed by atoms with Crippen molar-refractivity contribution in [2.24, 2.45) is 0 Å². The van der Waals surface area contributed by atoms with E-state index in [9.17, 15) is 18.0 Å². The van der Waals surface area contributed by atoms with Crippen molar-refractivity contribution in [3.8, 4) is 11.6 Å². The van der Waals surface area contributed by atoms with Crippen LogP contribution in [-0.4, -0.2) is 23.7 Å². The molecule has 8 heteroatoms. The molecule has 0 spiro atoms. The average molecular weight is 332 g/mol. The molecule has 1 aromatic heterocycles. The molecular weight excluding hydrogens is 323 g/mol. The van der Waals surface area contributed by atoms with Gasteiger partial charge in [-0.05, 0) is 18.2 Å². The third-order valence-corrected chi connectivity index (χ3v) is 2.71. The van der Waals surface area contributed by atoms with Gasteiger partial charge >= 0.3 is 12.1 Å². The highest BCUT2D eigenvalue weighted by molar-refractivity contribution is 6.32. The van der Waals surface area contributed by atoms with Crippen LogP contribution in [0.5, 0.6) is 11.6 Å². The maximum atomic E-state index is 12.0. The predicted molar refractivity (Wildman–Crippen MR) is 72.2 cm³/mol. The van der Waals surface area contributed by atoms with E-state index in [0.29, 0.717) is 0 Å². The number of esters is 1. The lowest BCUT2D eigenvalue weighted by Crippen LogP contribution is -2.19. The number of halogens is 4. The molecule has 0 atom stereocenters. The fraction of sp³-hybridized carbons (Fsp3) is 0.143. The molecule has 1 heterocycles. The second kappa shape index (κ2) is 6.65. The van der Waals surface area contributed by atoms with E-state index in [1.165, 1.54) is 12.1 Å². The summed E-state index contributed by atoms with van der Waals surface area (Å²) in [6.07, 6.45) is -3.39. The van der Waals surface area contributed by atoms with Crippen LogP contribution in [0.25, 0.3) is 0 Å². The highest BCUT2D eigenvalue weighted by atomic mass is 35.5. The first-order chi connectivity index (χ1) is 10.3. The molecule has 4 nitrogen and oxygen atoms in total. The summed E-state index contributed by atoms with van der Waals surface area (Å²) in [5.74, 6) is -0.804. The Balaban J connectivity index is 2.01. The summed E-state index contributed by atoms with van der Waals surface area (Å²) in [4.78, 5) is 15.5. The van der Waals surface area contributed by atoms with Crippen molar-refractivity contribution in [3.05, 3.63) is 53.2 Å². The van der Waals surface area contributed by atoms with E-state index < -0.39 is 18.8 Å². The Hall–Kier alpha value is -2.28. The van der Waals surface area contributed by atoms with Gasteiger partial charge in [-0.2, -0.15) is 13.2 Å². The van der Waals surface area contributed by atoms with E-state index in [2.05, 4.69) is 9.72 Å². The number of ether oxygens (including phenoxy) is 2. The monoisotopic (exact) mass is 331 g/mol. The lowest BCUT2D eigenvalue weighted by atomic mass is 10.3. The quantitative estimate of drug-likeness (QED) is 0.630. The second-order valence-corrected chi connectivity index (χ2v) is 4.52. The predicted octanol–water partition coefficient (Wildman–Crippen LogP) is 3.90. The highest BCUT2D eigenvalue weighted by Crippen LogP contribution is 2.24. The van der Waals surface area contributed by atoms with Crippen LogP contribution >= 0.6 is 11.6 Å². The average Bonchev–Trinajstić information content (AvgIpc) is 2.47. The second-order valence-electron chi connectivity index (χ2n) is 4.11. The van der Waals surface area contributed by atoms with Crippen LogP contribution in [0.2, 0.25) is 5.02 Å². The molecule has 0 amide bonds. The van der Waals surface area contributed by atoms with Gasteiger partial charge in [-0.25, -0.2) is 9.78 Å². The third-order valence-electron chi connectivity index (χ3n) is 2.40. The van der Waals surface area contributed by atoms with Crippen molar-refractivity contribution in [1.82, 2.24) is 4.98 Å². The summed E-state index contributed by atoms with van der Waals surface area (Å²) >= 11 is 5.85. The molecule has 22 heavy (non-hydrogen) atoms. The lowest BCUT2D eigenvalue weighted by Gasteiger charge is -2.09. The smallest absolute Gasteiger partial charge is 0.422 e. The van der Waals surface area contributed by atoms with E-state index in [1.807, 2.05) is 0 Å². The SMILES string of the molecule is O=C(Oc1ccccc1Cl)c1ccc(OCC(F)(F)F)nc1. The first-order valence-corrected chi connectivity index (χ1v) is 6.35. The minimum absolute atomic E-state index is 0.0549. The first kappa shape index (κ1) is 16.1. The largest absolute Gasteiger partial charge is 0.468 e. The van der Waals surface area contributed by atoms with Crippen molar-refractivity contribution in [3.63, 3.8) is 0 Å². The summed E-state index contributed by atoms with van der Waals surface area (Å²) in [6.45, 7) is -1.45. The van der Waals surface area contributed by atoms with Gasteiger partial charge in [0.05, 0.1) is 10.6 Å². The Kier molecular flexibility index (Phi) is 4.87. The van der Waals surface area contributed by atoms with Crippen molar-refractivity contribution in [2.75, 3.05) is 6.61 Å². The van der Waals surface area contributed by atoms with Crippen molar-refractivity contribution in [1.29, 1.82) is 0 Å². The van der Waals surface area contributed by atoms with Gasteiger partial charge in [0.1, 0.15) is 5.75 Å². The van der Waals surface area contributed by atoms with Crippen LogP contribution in [0, 0.1) is 0 Å². The number of carbonyl (C=O) groups excluding carboxylic acids is 1. The lowest BCUT2D eigenvalue weighted by molar-refractivity contribution is -0.154. The van der Waals surface area contributed by atoms with Gasteiger partial charge in [-0.3, -0.25) is 0 Å². The molecule has 2 rings (SSSR count). The van der Waals surface area contributed by atoms with Gasteiger partial charge in [0.25, 0.3) is 0 Å². The zero-order valence-corrected chi connectivity index (χ0v) is 11.7. The Morgan fingerprint density at radius 2 is 1.91 bits per heavy atom. The van der Waals surface area contributed by atoms with Crippen molar-refractivity contribution >= 4 is 17.6 Å². The van der Waals surface area contributed by atoms with Crippen molar-refractivity contribution < 1.29 is 27.4 Å². The zero-order chi connectivity index (χ0) is 16.2. The molecule has 0 saturated carbocycles. The van der Waals surface area contributed by atoms with Crippen LogP contribution in [0.3, 0.4) is 0 Å². The highest BCUT2D eigenvalue weighted by Gasteiger charge is 2.28. The minimum atomic E-state index is -4.46. The first-order valence-electron chi connectivity index (χ1n) is 5.97. The Morgan fingerprint density at radius 1 is 1.18 bits per heavy atom. The molecule has 0 aliphatic rings. The van der Waals surface area contributed by atoms with Crippen LogP contribution in [0.4, 0.5) is 13.2 Å². The number of hydrogen-bond donors (Lipinski definition) is 0. The minimum Gasteiger partial charge on any atom is -0.468 e. The van der Waals surface area contributed by atoms with E-state index in [-0.39, 0.29) is 22.2 Å². The standard InChI is InChI=1S/C14H9ClF3NO3/c15-10-3-1-2-4-11(10)22-13(20)9-5-6-12(19-7-9)21-8-14(16,17)18/h1-7H,8H2. The molecule has 0 fully saturated rings. The molecule has 0 aliphatic carbocycles. The van der Waals surface area contributed by atoms with Gasteiger partial charge in [-0.15, -0.1) is 0 Å². The molecule has 116 valence electrons. The molecule has 0 bridgehead atoms. The number of para-hydroxylation sites is 1. The van der Waals surface area contributed by atoms with Gasteiger partial charge in [0.15, 0.2) is 6.61 Å². The summed E-state index contributed by atoms with van der Waals surface area (Å²) in [5, 5.41) is 0.258. The summed E-state index contributed by atoms with van der Waals surface area (Å²) < 4.78 is 45.5. The molecule has 0 unspecified atom stereocenters. The van der Waals surface area contributed by atoms with Gasteiger partial charge < -0.3 is 9.47 Å². The van der Waals surface area contributed by atoms with E-state index in [4.69, 9.17) is 16.3 Å². The van der Waals surface area contributed by atoms with Crippen LogP contribution in [0.1, 0.15) is 10.4 Å². The maximum absolute atomic E-state index is 12.0. The fourth-order valence-electron chi connectivity index (χ4n) is 1.43. The Bertz CT molecular complexity index is 659. The molecule has 0 saturated heterocycles.